The minimum absolute atomic E-state index is 0.0822. The summed E-state index contributed by atoms with van der Waals surface area (Å²) in [5, 5.41) is 7.62. The molecular weight excluding hydrogens is 406 g/mol. The first kappa shape index (κ1) is 21.6. The van der Waals surface area contributed by atoms with Gasteiger partial charge in [-0.2, -0.15) is 0 Å². The molecule has 162 valence electrons. The van der Waals surface area contributed by atoms with Gasteiger partial charge in [0.05, 0.1) is 41.4 Å². The van der Waals surface area contributed by atoms with Gasteiger partial charge in [0.1, 0.15) is 6.61 Å². The van der Waals surface area contributed by atoms with Crippen LogP contribution in [0.3, 0.4) is 0 Å². The molecular formula is C21H21N3O7. The van der Waals surface area contributed by atoms with E-state index in [1.165, 1.54) is 24.5 Å². The number of anilines is 1. The number of hydrogen-bond acceptors (Lipinski definition) is 7. The number of carbonyl (C=O) groups is 4. The molecule has 3 N–H and O–H groups in total. The van der Waals surface area contributed by atoms with Crippen molar-refractivity contribution in [2.75, 3.05) is 18.5 Å². The molecule has 3 amide bonds. The molecule has 0 aliphatic carbocycles. The van der Waals surface area contributed by atoms with E-state index < -0.39 is 29.9 Å². The highest BCUT2D eigenvalue weighted by molar-refractivity contribution is 6.06. The Hall–Kier alpha value is -4.08. The first-order chi connectivity index (χ1) is 14.9. The predicted molar refractivity (Wildman–Crippen MR) is 108 cm³/mol. The number of rotatable bonds is 7. The van der Waals surface area contributed by atoms with Crippen LogP contribution in [0.2, 0.25) is 0 Å². The number of urea groups is 1. The van der Waals surface area contributed by atoms with Crippen LogP contribution in [0, 0.1) is 0 Å². The van der Waals surface area contributed by atoms with Gasteiger partial charge in [-0.3, -0.25) is 4.79 Å². The number of carbonyl (C=O) groups excluding carboxylic acids is 4. The Morgan fingerprint density at radius 1 is 1.10 bits per heavy atom. The zero-order valence-corrected chi connectivity index (χ0v) is 16.9. The molecule has 0 spiro atoms. The highest BCUT2D eigenvalue weighted by atomic mass is 16.5. The van der Waals surface area contributed by atoms with E-state index in [9.17, 15) is 19.2 Å². The second kappa shape index (κ2) is 9.61. The lowest BCUT2D eigenvalue weighted by Gasteiger charge is -2.26. The van der Waals surface area contributed by atoms with Crippen LogP contribution in [0.25, 0.3) is 0 Å². The molecule has 1 aromatic carbocycles. The number of amides is 3. The van der Waals surface area contributed by atoms with Crippen molar-refractivity contribution >= 4 is 29.6 Å². The molecule has 0 saturated carbocycles. The third kappa shape index (κ3) is 5.10. The maximum Gasteiger partial charge on any atom is 0.340 e. The van der Waals surface area contributed by atoms with Crippen LogP contribution in [-0.4, -0.2) is 43.1 Å². The van der Waals surface area contributed by atoms with Crippen molar-refractivity contribution in [3.63, 3.8) is 0 Å². The van der Waals surface area contributed by atoms with E-state index in [1.54, 1.807) is 32.0 Å². The number of para-hydroxylation sites is 1. The summed E-state index contributed by atoms with van der Waals surface area (Å²) in [6.07, 6.45) is 1.36. The molecule has 10 heteroatoms. The second-order valence-corrected chi connectivity index (χ2v) is 6.49. The highest BCUT2D eigenvalue weighted by Crippen LogP contribution is 2.19. The molecule has 0 fully saturated rings. The molecule has 0 unspecified atom stereocenters. The van der Waals surface area contributed by atoms with Gasteiger partial charge in [0.2, 0.25) is 0 Å². The van der Waals surface area contributed by atoms with Crippen LogP contribution in [0.1, 0.15) is 34.8 Å². The minimum Gasteiger partial charge on any atom is -0.463 e. The molecule has 0 saturated heterocycles. The highest BCUT2D eigenvalue weighted by Gasteiger charge is 2.30. The van der Waals surface area contributed by atoms with Gasteiger partial charge < -0.3 is 29.8 Å². The Kier molecular flexibility index (Phi) is 6.71. The van der Waals surface area contributed by atoms with Crippen molar-refractivity contribution in [3.05, 3.63) is 65.3 Å². The van der Waals surface area contributed by atoms with Gasteiger partial charge in [-0.05, 0) is 38.1 Å². The van der Waals surface area contributed by atoms with Crippen molar-refractivity contribution < 1.29 is 33.1 Å². The lowest BCUT2D eigenvalue weighted by atomic mass is 10.0. The lowest BCUT2D eigenvalue weighted by Crippen LogP contribution is -2.50. The lowest BCUT2D eigenvalue weighted by molar-refractivity contribution is -0.139. The van der Waals surface area contributed by atoms with Crippen molar-refractivity contribution in [2.24, 2.45) is 0 Å². The largest absolute Gasteiger partial charge is 0.463 e. The van der Waals surface area contributed by atoms with Crippen molar-refractivity contribution in [1.29, 1.82) is 0 Å². The van der Waals surface area contributed by atoms with Crippen LogP contribution in [0.15, 0.2) is 58.3 Å². The Morgan fingerprint density at radius 2 is 1.87 bits per heavy atom. The summed E-state index contributed by atoms with van der Waals surface area (Å²) >= 11 is 0. The number of benzene rings is 1. The van der Waals surface area contributed by atoms with Crippen LogP contribution in [-0.2, 0) is 14.3 Å². The maximum absolute atomic E-state index is 12.7. The molecule has 1 atom stereocenters. The first-order valence-electron chi connectivity index (χ1n) is 9.49. The maximum atomic E-state index is 12.7. The number of nitrogens with one attached hydrogen (secondary N) is 3. The average molecular weight is 427 g/mol. The predicted octanol–water partition coefficient (Wildman–Crippen LogP) is 2.21. The quantitative estimate of drug-likeness (QED) is 0.576. The Balaban J connectivity index is 1.77. The van der Waals surface area contributed by atoms with Crippen molar-refractivity contribution in [1.82, 2.24) is 10.6 Å². The molecule has 0 radical (unpaired) electrons. The number of furan rings is 1. The van der Waals surface area contributed by atoms with Gasteiger partial charge in [-0.25, -0.2) is 14.4 Å². The number of esters is 2. The summed E-state index contributed by atoms with van der Waals surface area (Å²) in [5.74, 6) is -1.83. The molecule has 1 aliphatic rings. The molecule has 3 rings (SSSR count). The number of hydrogen-bond donors (Lipinski definition) is 3. The summed E-state index contributed by atoms with van der Waals surface area (Å²) < 4.78 is 15.4. The van der Waals surface area contributed by atoms with Crippen molar-refractivity contribution in [3.8, 4) is 0 Å². The number of ether oxygens (including phenoxy) is 2. The van der Waals surface area contributed by atoms with E-state index in [-0.39, 0.29) is 41.5 Å². The van der Waals surface area contributed by atoms with E-state index in [0.717, 1.165) is 0 Å². The van der Waals surface area contributed by atoms with E-state index in [2.05, 4.69) is 16.0 Å². The zero-order chi connectivity index (χ0) is 22.4. The Bertz CT molecular complexity index is 1030. The molecule has 2 heterocycles. The van der Waals surface area contributed by atoms with Crippen LogP contribution < -0.4 is 16.0 Å². The standard InChI is InChI=1S/C21H21N3O7/c1-3-29-20(27)17-12(2)22-21(28)24-15(17)11-31-19(26)13-7-4-5-8-14(13)23-18(25)16-9-6-10-30-16/h4-10,12H,3,11H2,1-2H3,(H,23,25)(H2,22,24,28)/t12-/m0/s1. The third-order valence-electron chi connectivity index (χ3n) is 4.35. The molecule has 1 aromatic heterocycles. The summed E-state index contributed by atoms with van der Waals surface area (Å²) in [4.78, 5) is 49.0. The van der Waals surface area contributed by atoms with Crippen molar-refractivity contribution in [2.45, 2.75) is 19.9 Å². The van der Waals surface area contributed by atoms with E-state index in [0.29, 0.717) is 0 Å². The van der Waals surface area contributed by atoms with Gasteiger partial charge in [0, 0.05) is 0 Å². The van der Waals surface area contributed by atoms with Gasteiger partial charge in [-0.1, -0.05) is 12.1 Å². The smallest absolute Gasteiger partial charge is 0.340 e. The van der Waals surface area contributed by atoms with Gasteiger partial charge in [-0.15, -0.1) is 0 Å². The van der Waals surface area contributed by atoms with Gasteiger partial charge >= 0.3 is 18.0 Å². The zero-order valence-electron chi connectivity index (χ0n) is 16.9. The Morgan fingerprint density at radius 3 is 2.58 bits per heavy atom. The normalized spacial score (nSPS) is 15.5. The summed E-state index contributed by atoms with van der Waals surface area (Å²) in [6.45, 7) is 3.06. The molecule has 1 aliphatic heterocycles. The second-order valence-electron chi connectivity index (χ2n) is 6.49. The van der Waals surface area contributed by atoms with E-state index in [1.807, 2.05) is 0 Å². The van der Waals surface area contributed by atoms with E-state index in [4.69, 9.17) is 13.9 Å². The Labute approximate surface area is 177 Å². The van der Waals surface area contributed by atoms with Crippen LogP contribution in [0.4, 0.5) is 10.5 Å². The topological polar surface area (TPSA) is 136 Å². The minimum atomic E-state index is -0.758. The fourth-order valence-corrected chi connectivity index (χ4v) is 2.97. The summed E-state index contributed by atoms with van der Waals surface area (Å²) in [7, 11) is 0. The molecule has 10 nitrogen and oxygen atoms in total. The summed E-state index contributed by atoms with van der Waals surface area (Å²) in [6, 6.07) is 8.17. The fraction of sp³-hybridized carbons (Fsp3) is 0.238. The summed E-state index contributed by atoms with van der Waals surface area (Å²) in [5.41, 5.74) is 0.596. The SMILES string of the molecule is CCOC(=O)C1=C(COC(=O)c2ccccc2NC(=O)c2ccco2)NC(=O)N[C@H]1C. The third-order valence-corrected chi connectivity index (χ3v) is 4.35. The average Bonchev–Trinajstić information content (AvgIpc) is 3.27. The molecule has 0 bridgehead atoms. The van der Waals surface area contributed by atoms with Gasteiger partial charge in [0.15, 0.2) is 5.76 Å². The monoisotopic (exact) mass is 427 g/mol. The molecule has 31 heavy (non-hydrogen) atoms. The first-order valence-corrected chi connectivity index (χ1v) is 9.49. The fourth-order valence-electron chi connectivity index (χ4n) is 2.97. The molecule has 2 aromatic rings. The van der Waals surface area contributed by atoms with Crippen LogP contribution in [0.5, 0.6) is 0 Å². The van der Waals surface area contributed by atoms with Crippen LogP contribution >= 0.6 is 0 Å². The van der Waals surface area contributed by atoms with Gasteiger partial charge in [0.25, 0.3) is 5.91 Å². The van der Waals surface area contributed by atoms with E-state index >= 15 is 0 Å².